The van der Waals surface area contributed by atoms with Crippen LogP contribution in [-0.4, -0.2) is 37.1 Å². The molecule has 0 heterocycles. The van der Waals surface area contributed by atoms with Crippen LogP contribution >= 0.6 is 0 Å². The molecule has 0 aliphatic carbocycles. The van der Waals surface area contributed by atoms with E-state index in [2.05, 4.69) is 6.92 Å². The molecule has 0 fully saturated rings. The fourth-order valence-corrected chi connectivity index (χ4v) is 0.882. The second-order valence-corrected chi connectivity index (χ2v) is 3.42. The molecular weight excluding hydrogens is 168 g/mol. The van der Waals surface area contributed by atoms with E-state index >= 15 is 0 Å². The zero-order valence-corrected chi connectivity index (χ0v) is 8.95. The first-order valence-electron chi connectivity index (χ1n) is 5.04. The molecule has 3 heteroatoms. The van der Waals surface area contributed by atoms with Gasteiger partial charge in [0.05, 0.1) is 25.4 Å². The highest BCUT2D eigenvalue weighted by Gasteiger charge is 2.02. The summed E-state index contributed by atoms with van der Waals surface area (Å²) in [5, 5.41) is 8.91. The Kier molecular flexibility index (Phi) is 8.40. The fraction of sp³-hybridized carbons (Fsp3) is 1.00. The Bertz CT molecular complexity index is 104. The highest BCUT2D eigenvalue weighted by molar-refractivity contribution is 4.49. The summed E-state index contributed by atoms with van der Waals surface area (Å²) >= 11 is 0. The third-order valence-electron chi connectivity index (χ3n) is 1.61. The Hall–Kier alpha value is -0.120. The molecule has 0 aliphatic heterocycles. The number of rotatable bonds is 8. The summed E-state index contributed by atoms with van der Waals surface area (Å²) in [5.41, 5.74) is 0. The average molecular weight is 190 g/mol. The molecule has 0 aromatic rings. The van der Waals surface area contributed by atoms with Gasteiger partial charge in [0.15, 0.2) is 0 Å². The number of ether oxygens (including phenoxy) is 2. The van der Waals surface area contributed by atoms with Crippen molar-refractivity contribution in [3.05, 3.63) is 0 Å². The number of aliphatic hydroxyl groups is 1. The average Bonchev–Trinajstić information content (AvgIpc) is 2.04. The lowest BCUT2D eigenvalue weighted by atomic mass is 10.3. The van der Waals surface area contributed by atoms with Crippen LogP contribution in [0.15, 0.2) is 0 Å². The number of hydrogen-bond acceptors (Lipinski definition) is 3. The summed E-state index contributed by atoms with van der Waals surface area (Å²) in [7, 11) is 0. The minimum Gasteiger partial charge on any atom is -0.391 e. The van der Waals surface area contributed by atoms with E-state index in [4.69, 9.17) is 14.6 Å². The van der Waals surface area contributed by atoms with Gasteiger partial charge >= 0.3 is 0 Å². The van der Waals surface area contributed by atoms with Crippen LogP contribution < -0.4 is 0 Å². The zero-order valence-electron chi connectivity index (χ0n) is 8.95. The minimum absolute atomic E-state index is 0.130. The van der Waals surface area contributed by atoms with E-state index in [1.807, 2.05) is 6.92 Å². The first kappa shape index (κ1) is 12.9. The maximum absolute atomic E-state index is 8.91. The molecule has 0 saturated carbocycles. The second-order valence-electron chi connectivity index (χ2n) is 3.42. The predicted molar refractivity (Wildman–Crippen MR) is 52.8 cm³/mol. The maximum atomic E-state index is 8.91. The smallest absolute Gasteiger partial charge is 0.0780 e. The van der Waals surface area contributed by atoms with Crippen LogP contribution in [0.4, 0.5) is 0 Å². The van der Waals surface area contributed by atoms with Crippen molar-refractivity contribution in [3.8, 4) is 0 Å². The summed E-state index contributed by atoms with van der Waals surface area (Å²) in [6.07, 6.45) is 2.00. The Morgan fingerprint density at radius 2 is 1.92 bits per heavy atom. The second kappa shape index (κ2) is 8.48. The Labute approximate surface area is 81.0 Å². The van der Waals surface area contributed by atoms with Crippen molar-refractivity contribution in [1.82, 2.24) is 0 Å². The molecule has 1 N–H and O–H groups in total. The van der Waals surface area contributed by atoms with Crippen molar-refractivity contribution in [3.63, 3.8) is 0 Å². The lowest BCUT2D eigenvalue weighted by Gasteiger charge is -2.13. The Balaban J connectivity index is 3.15. The van der Waals surface area contributed by atoms with Gasteiger partial charge in [-0.2, -0.15) is 0 Å². The van der Waals surface area contributed by atoms with Gasteiger partial charge in [-0.25, -0.2) is 0 Å². The van der Waals surface area contributed by atoms with Crippen molar-refractivity contribution in [1.29, 1.82) is 0 Å². The molecule has 0 radical (unpaired) electrons. The van der Waals surface area contributed by atoms with Gasteiger partial charge < -0.3 is 14.6 Å². The van der Waals surface area contributed by atoms with E-state index in [9.17, 15) is 0 Å². The topological polar surface area (TPSA) is 38.7 Å². The molecule has 13 heavy (non-hydrogen) atoms. The summed E-state index contributed by atoms with van der Waals surface area (Å²) in [5.74, 6) is 0. The van der Waals surface area contributed by atoms with Crippen molar-refractivity contribution in [2.75, 3.05) is 19.8 Å². The van der Waals surface area contributed by atoms with Crippen LogP contribution in [0, 0.1) is 0 Å². The van der Waals surface area contributed by atoms with Crippen LogP contribution in [-0.2, 0) is 9.47 Å². The number of hydrogen-bond donors (Lipinski definition) is 1. The molecule has 0 amide bonds. The standard InChI is InChI=1S/C10H22O3/c1-4-5-6-13-10(3)8-12-7-9(2)11/h9-11H,4-8H2,1-3H3/t9-,10-/m1/s1. The molecule has 80 valence electrons. The Morgan fingerprint density at radius 3 is 2.46 bits per heavy atom. The highest BCUT2D eigenvalue weighted by Crippen LogP contribution is 1.96. The van der Waals surface area contributed by atoms with Crippen LogP contribution in [0.3, 0.4) is 0 Å². The minimum atomic E-state index is -0.386. The highest BCUT2D eigenvalue weighted by atomic mass is 16.5. The predicted octanol–water partition coefficient (Wildman–Crippen LogP) is 1.59. The summed E-state index contributed by atoms with van der Waals surface area (Å²) in [6, 6.07) is 0. The molecule has 0 rings (SSSR count). The van der Waals surface area contributed by atoms with Crippen LogP contribution in [0.25, 0.3) is 0 Å². The van der Waals surface area contributed by atoms with Crippen molar-refractivity contribution < 1.29 is 14.6 Å². The van der Waals surface area contributed by atoms with Gasteiger partial charge in [0, 0.05) is 6.61 Å². The zero-order chi connectivity index (χ0) is 10.1. The summed E-state index contributed by atoms with van der Waals surface area (Å²) in [6.45, 7) is 7.59. The van der Waals surface area contributed by atoms with E-state index in [-0.39, 0.29) is 12.2 Å². The van der Waals surface area contributed by atoms with Crippen LogP contribution in [0.5, 0.6) is 0 Å². The molecular formula is C10H22O3. The van der Waals surface area contributed by atoms with Crippen LogP contribution in [0.1, 0.15) is 33.6 Å². The molecule has 0 unspecified atom stereocenters. The van der Waals surface area contributed by atoms with Gasteiger partial charge in [-0.05, 0) is 20.3 Å². The van der Waals surface area contributed by atoms with Gasteiger partial charge in [0.2, 0.25) is 0 Å². The van der Waals surface area contributed by atoms with Gasteiger partial charge in [-0.3, -0.25) is 0 Å². The van der Waals surface area contributed by atoms with Gasteiger partial charge in [0.25, 0.3) is 0 Å². The first-order valence-corrected chi connectivity index (χ1v) is 5.04. The van der Waals surface area contributed by atoms with Gasteiger partial charge in [-0.15, -0.1) is 0 Å². The van der Waals surface area contributed by atoms with E-state index < -0.39 is 0 Å². The number of aliphatic hydroxyl groups excluding tert-OH is 1. The third-order valence-corrected chi connectivity index (χ3v) is 1.61. The van der Waals surface area contributed by atoms with Crippen molar-refractivity contribution in [2.45, 2.75) is 45.8 Å². The Morgan fingerprint density at radius 1 is 1.23 bits per heavy atom. The summed E-state index contributed by atoms with van der Waals surface area (Å²) < 4.78 is 10.7. The SMILES string of the molecule is CCCCO[C@H](C)COC[C@@H](C)O. The van der Waals surface area contributed by atoms with E-state index in [1.54, 1.807) is 6.92 Å². The summed E-state index contributed by atoms with van der Waals surface area (Å²) in [4.78, 5) is 0. The molecule has 0 aliphatic rings. The fourth-order valence-electron chi connectivity index (χ4n) is 0.882. The van der Waals surface area contributed by atoms with Crippen LogP contribution in [0.2, 0.25) is 0 Å². The van der Waals surface area contributed by atoms with E-state index in [0.29, 0.717) is 13.2 Å². The van der Waals surface area contributed by atoms with E-state index in [0.717, 1.165) is 19.4 Å². The third kappa shape index (κ3) is 9.80. The molecule has 0 saturated heterocycles. The molecule has 3 nitrogen and oxygen atoms in total. The maximum Gasteiger partial charge on any atom is 0.0780 e. The molecule has 2 atom stereocenters. The van der Waals surface area contributed by atoms with Gasteiger partial charge in [-0.1, -0.05) is 13.3 Å². The van der Waals surface area contributed by atoms with Crippen molar-refractivity contribution >= 4 is 0 Å². The largest absolute Gasteiger partial charge is 0.391 e. The molecule has 0 bridgehead atoms. The monoisotopic (exact) mass is 190 g/mol. The first-order chi connectivity index (χ1) is 6.16. The lowest BCUT2D eigenvalue weighted by Crippen LogP contribution is -2.20. The lowest BCUT2D eigenvalue weighted by molar-refractivity contribution is -0.0288. The normalized spacial score (nSPS) is 15.7. The van der Waals surface area contributed by atoms with E-state index in [1.165, 1.54) is 0 Å². The molecule has 0 aromatic heterocycles. The number of unbranched alkanes of at least 4 members (excludes halogenated alkanes) is 1. The molecule has 0 aromatic carbocycles. The van der Waals surface area contributed by atoms with Gasteiger partial charge in [0.1, 0.15) is 0 Å². The van der Waals surface area contributed by atoms with Crippen molar-refractivity contribution in [2.24, 2.45) is 0 Å². The molecule has 0 spiro atoms. The quantitative estimate of drug-likeness (QED) is 0.591.